The number of hydrogen-bond donors (Lipinski definition) is 0. The fourth-order valence-corrected chi connectivity index (χ4v) is 1.28. The van der Waals surface area contributed by atoms with Gasteiger partial charge in [-0.1, -0.05) is 0 Å². The summed E-state index contributed by atoms with van der Waals surface area (Å²) < 4.78 is 7.39. The van der Waals surface area contributed by atoms with E-state index in [1.807, 2.05) is 11.6 Å². The van der Waals surface area contributed by atoms with Crippen LogP contribution in [-0.4, -0.2) is 27.6 Å². The monoisotopic (exact) mass is 179 g/mol. The molecular weight excluding hydrogens is 166 g/mol. The highest BCUT2D eigenvalue weighted by molar-refractivity contribution is 5.93. The molecule has 0 spiro atoms. The van der Waals surface area contributed by atoms with Gasteiger partial charge in [-0.15, -0.1) is 0 Å². The number of hydrogen-bond acceptors (Lipinski definition) is 3. The number of aromatic nitrogens is 2. The molecule has 0 atom stereocenters. The third kappa shape index (κ3) is 1.43. The first-order valence-corrected chi connectivity index (χ1v) is 4.28. The van der Waals surface area contributed by atoms with Gasteiger partial charge in [0.1, 0.15) is 12.3 Å². The lowest BCUT2D eigenvalue weighted by atomic mass is 10.1. The average Bonchev–Trinajstić information content (AvgIpc) is 2.56. The first-order chi connectivity index (χ1) is 6.08. The van der Waals surface area contributed by atoms with Crippen molar-refractivity contribution in [3.63, 3.8) is 0 Å². The van der Waals surface area contributed by atoms with Crippen LogP contribution in [0.5, 0.6) is 0 Å². The van der Waals surface area contributed by atoms with Gasteiger partial charge in [0.15, 0.2) is 0 Å². The van der Waals surface area contributed by atoms with Crippen molar-refractivity contribution in [2.24, 2.45) is 12.0 Å². The molecule has 4 nitrogen and oxygen atoms in total. The second-order valence-electron chi connectivity index (χ2n) is 3.91. The summed E-state index contributed by atoms with van der Waals surface area (Å²) >= 11 is 0. The van der Waals surface area contributed by atoms with E-state index in [0.29, 0.717) is 12.5 Å². The summed E-state index contributed by atoms with van der Waals surface area (Å²) in [6.45, 7) is 4.75. The van der Waals surface area contributed by atoms with Crippen LogP contribution in [-0.2, 0) is 11.8 Å². The topological polar surface area (TPSA) is 39.4 Å². The lowest BCUT2D eigenvalue weighted by Crippen LogP contribution is -2.17. The van der Waals surface area contributed by atoms with Crippen LogP contribution in [0.4, 0.5) is 0 Å². The number of aliphatic imine (C=N–C) groups is 1. The van der Waals surface area contributed by atoms with Crippen molar-refractivity contribution in [1.29, 1.82) is 0 Å². The van der Waals surface area contributed by atoms with E-state index < -0.39 is 0 Å². The minimum absolute atomic E-state index is 0.0976. The molecule has 13 heavy (non-hydrogen) atoms. The number of ether oxygens (including phenoxy) is 1. The van der Waals surface area contributed by atoms with Gasteiger partial charge in [-0.2, -0.15) is 0 Å². The van der Waals surface area contributed by atoms with Crippen molar-refractivity contribution in [1.82, 2.24) is 9.55 Å². The molecule has 70 valence electrons. The molecule has 0 saturated heterocycles. The van der Waals surface area contributed by atoms with Crippen LogP contribution in [0.15, 0.2) is 17.5 Å². The summed E-state index contributed by atoms with van der Waals surface area (Å²) in [6.07, 6.45) is 3.51. The molecule has 1 aliphatic rings. The van der Waals surface area contributed by atoms with Gasteiger partial charge in [0, 0.05) is 7.05 Å². The molecule has 0 amide bonds. The third-order valence-corrected chi connectivity index (χ3v) is 2.00. The molecule has 2 rings (SSSR count). The highest BCUT2D eigenvalue weighted by Gasteiger charge is 2.28. The van der Waals surface area contributed by atoms with E-state index in [1.165, 1.54) is 0 Å². The summed E-state index contributed by atoms with van der Waals surface area (Å²) in [5.74, 6) is 0.699. The average molecular weight is 179 g/mol. The maximum Gasteiger partial charge on any atom is 0.235 e. The predicted octanol–water partition coefficient (Wildman–Crippen LogP) is 0.975. The smallest absolute Gasteiger partial charge is 0.235 e. The Morgan fingerprint density at radius 3 is 2.77 bits per heavy atom. The summed E-state index contributed by atoms with van der Waals surface area (Å²) in [5, 5.41) is 0. The van der Waals surface area contributed by atoms with E-state index in [0.717, 1.165) is 5.69 Å². The van der Waals surface area contributed by atoms with Crippen LogP contribution in [0.3, 0.4) is 0 Å². The van der Waals surface area contributed by atoms with E-state index >= 15 is 0 Å². The van der Waals surface area contributed by atoms with Crippen LogP contribution in [0, 0.1) is 0 Å². The van der Waals surface area contributed by atoms with Gasteiger partial charge < -0.3 is 9.30 Å². The lowest BCUT2D eigenvalue weighted by molar-refractivity contribution is 0.278. The van der Waals surface area contributed by atoms with Gasteiger partial charge in [-0.3, -0.25) is 0 Å². The van der Waals surface area contributed by atoms with Crippen molar-refractivity contribution in [2.45, 2.75) is 19.4 Å². The second-order valence-corrected chi connectivity index (χ2v) is 3.91. The zero-order chi connectivity index (χ0) is 9.47. The Morgan fingerprint density at radius 1 is 1.54 bits per heavy atom. The van der Waals surface area contributed by atoms with Crippen LogP contribution in [0.2, 0.25) is 0 Å². The Balaban J connectivity index is 2.35. The van der Waals surface area contributed by atoms with Crippen LogP contribution in [0.25, 0.3) is 0 Å². The summed E-state index contributed by atoms with van der Waals surface area (Å²) in [4.78, 5) is 8.47. The summed E-state index contributed by atoms with van der Waals surface area (Å²) in [7, 11) is 1.93. The molecule has 0 radical (unpaired) electrons. The molecule has 0 bridgehead atoms. The Labute approximate surface area is 77.3 Å². The normalized spacial score (nSPS) is 19.8. The maximum atomic E-state index is 5.48. The fourth-order valence-electron chi connectivity index (χ4n) is 1.28. The molecule has 0 aliphatic carbocycles. The Morgan fingerprint density at radius 2 is 2.31 bits per heavy atom. The van der Waals surface area contributed by atoms with E-state index in [-0.39, 0.29) is 5.54 Å². The van der Waals surface area contributed by atoms with Gasteiger partial charge in [-0.25, -0.2) is 9.98 Å². The minimum atomic E-state index is -0.0976. The van der Waals surface area contributed by atoms with Crippen molar-refractivity contribution in [2.75, 3.05) is 6.61 Å². The van der Waals surface area contributed by atoms with E-state index in [4.69, 9.17) is 4.74 Å². The lowest BCUT2D eigenvalue weighted by Gasteiger charge is -2.07. The molecule has 1 aromatic rings. The third-order valence-electron chi connectivity index (χ3n) is 2.00. The zero-order valence-corrected chi connectivity index (χ0v) is 8.11. The van der Waals surface area contributed by atoms with Crippen LogP contribution >= 0.6 is 0 Å². The van der Waals surface area contributed by atoms with E-state index in [2.05, 4.69) is 23.8 Å². The summed E-state index contributed by atoms with van der Waals surface area (Å²) in [6, 6.07) is 0. The van der Waals surface area contributed by atoms with Crippen LogP contribution in [0.1, 0.15) is 19.5 Å². The van der Waals surface area contributed by atoms with Crippen molar-refractivity contribution >= 4 is 5.90 Å². The quantitative estimate of drug-likeness (QED) is 0.644. The number of nitrogens with zero attached hydrogens (tertiary/aromatic N) is 3. The Bertz CT molecular complexity index is 351. The molecule has 0 saturated carbocycles. The molecule has 0 N–H and O–H groups in total. The van der Waals surface area contributed by atoms with Gasteiger partial charge >= 0.3 is 0 Å². The fraction of sp³-hybridized carbons (Fsp3) is 0.556. The summed E-state index contributed by atoms with van der Waals surface area (Å²) in [5.41, 5.74) is 0.838. The van der Waals surface area contributed by atoms with Crippen LogP contribution < -0.4 is 0 Å². The molecule has 1 aromatic heterocycles. The van der Waals surface area contributed by atoms with Gasteiger partial charge in [-0.05, 0) is 13.8 Å². The van der Waals surface area contributed by atoms with Crippen molar-refractivity contribution < 1.29 is 4.74 Å². The Hall–Kier alpha value is -1.32. The zero-order valence-electron chi connectivity index (χ0n) is 8.11. The number of aryl methyl sites for hydroxylation is 1. The van der Waals surface area contributed by atoms with Gasteiger partial charge in [0.2, 0.25) is 5.90 Å². The molecule has 4 heteroatoms. The maximum absolute atomic E-state index is 5.48. The highest BCUT2D eigenvalue weighted by Crippen LogP contribution is 2.19. The molecule has 0 aromatic carbocycles. The first kappa shape index (κ1) is 8.29. The predicted molar refractivity (Wildman–Crippen MR) is 49.8 cm³/mol. The SMILES string of the molecule is Cn1cncc1C1=NC(C)(C)CO1. The Kier molecular flexibility index (Phi) is 1.65. The van der Waals surface area contributed by atoms with Gasteiger partial charge in [0.05, 0.1) is 18.1 Å². The van der Waals surface area contributed by atoms with E-state index in [1.54, 1.807) is 12.5 Å². The molecule has 0 fully saturated rings. The van der Waals surface area contributed by atoms with Gasteiger partial charge in [0.25, 0.3) is 0 Å². The minimum Gasteiger partial charge on any atom is -0.474 e. The van der Waals surface area contributed by atoms with Crippen molar-refractivity contribution in [3.8, 4) is 0 Å². The highest BCUT2D eigenvalue weighted by atomic mass is 16.5. The largest absolute Gasteiger partial charge is 0.474 e. The van der Waals surface area contributed by atoms with E-state index in [9.17, 15) is 0 Å². The molecule has 1 aliphatic heterocycles. The molecular formula is C9H13N3O. The molecule has 2 heterocycles. The standard InChI is InChI=1S/C9H13N3O/c1-9(2)5-13-8(11-9)7-4-10-6-12(7)3/h4,6H,5H2,1-3H3. The first-order valence-electron chi connectivity index (χ1n) is 4.28. The molecule has 0 unspecified atom stereocenters. The second kappa shape index (κ2) is 2.58. The number of imidazole rings is 1. The van der Waals surface area contributed by atoms with Crippen molar-refractivity contribution in [3.05, 3.63) is 18.2 Å². The number of rotatable bonds is 1.